The number of ether oxygens (including phenoxy) is 1. The highest BCUT2D eigenvalue weighted by molar-refractivity contribution is 14.1. The lowest BCUT2D eigenvalue weighted by Crippen LogP contribution is -2.01. The molecule has 0 amide bonds. The largest absolute Gasteiger partial charge is 0.429 e. The highest BCUT2D eigenvalue weighted by atomic mass is 127. The van der Waals surface area contributed by atoms with Crippen LogP contribution < -0.4 is 4.74 Å². The molecule has 1 aromatic carbocycles. The molecule has 0 aliphatic rings. The Bertz CT molecular complexity index is 453. The lowest BCUT2D eigenvalue weighted by Gasteiger charge is -2.02. The summed E-state index contributed by atoms with van der Waals surface area (Å²) >= 11 is 1.75. The molecule has 76 valence electrons. The predicted molar refractivity (Wildman–Crippen MR) is 55.7 cm³/mol. The molecule has 0 aromatic heterocycles. The summed E-state index contributed by atoms with van der Waals surface area (Å²) in [6, 6.07) is 3.92. The monoisotopic (exact) mass is 328 g/mol. The summed E-state index contributed by atoms with van der Waals surface area (Å²) in [6.45, 7) is 0.177. The normalized spacial score (nSPS) is 11.0. The van der Waals surface area contributed by atoms with Crippen molar-refractivity contribution >= 4 is 39.2 Å². The van der Waals surface area contributed by atoms with E-state index in [4.69, 9.17) is 4.55 Å². The molecule has 1 aromatic rings. The molecule has 0 aliphatic heterocycles. The molecule has 0 atom stereocenters. The van der Waals surface area contributed by atoms with Gasteiger partial charge in [0, 0.05) is 9.64 Å². The molecule has 0 spiro atoms. The fraction of sp³-hybridized carbons (Fsp3) is 0. The van der Waals surface area contributed by atoms with Crippen molar-refractivity contribution in [2.75, 3.05) is 0 Å². The molecule has 0 saturated heterocycles. The minimum Gasteiger partial charge on any atom is -0.429 e. The van der Waals surface area contributed by atoms with Crippen LogP contribution in [0.1, 0.15) is 0 Å². The van der Waals surface area contributed by atoms with Gasteiger partial charge < -0.3 is 4.74 Å². The van der Waals surface area contributed by atoms with Gasteiger partial charge in [-0.2, -0.15) is 8.42 Å². The summed E-state index contributed by atoms with van der Waals surface area (Å²) in [6.07, 6.45) is 0. The standard InChI is InChI=1S/C7H5IO5S/c8-6-2-1-5(13-4-9)3-7(6)14(10,11)12/h1-4H,(H,10,11,12). The van der Waals surface area contributed by atoms with Crippen molar-refractivity contribution in [3.8, 4) is 5.75 Å². The summed E-state index contributed by atoms with van der Waals surface area (Å²) in [5.41, 5.74) is 0. The highest BCUT2D eigenvalue weighted by Crippen LogP contribution is 2.23. The van der Waals surface area contributed by atoms with E-state index in [-0.39, 0.29) is 17.1 Å². The minimum atomic E-state index is -4.28. The molecular formula is C7H5IO5S. The molecule has 0 saturated carbocycles. The molecule has 0 aliphatic carbocycles. The van der Waals surface area contributed by atoms with Crippen molar-refractivity contribution in [2.45, 2.75) is 4.90 Å². The van der Waals surface area contributed by atoms with Gasteiger partial charge >= 0.3 is 0 Å². The molecule has 1 rings (SSSR count). The number of rotatable bonds is 3. The van der Waals surface area contributed by atoms with Crippen molar-refractivity contribution < 1.29 is 22.5 Å². The van der Waals surface area contributed by atoms with Crippen LogP contribution in [0.25, 0.3) is 0 Å². The first-order valence-electron chi connectivity index (χ1n) is 3.32. The fourth-order valence-electron chi connectivity index (χ4n) is 0.810. The smallest absolute Gasteiger partial charge is 0.298 e. The maximum atomic E-state index is 10.8. The van der Waals surface area contributed by atoms with Crippen molar-refractivity contribution in [3.63, 3.8) is 0 Å². The zero-order chi connectivity index (χ0) is 10.8. The summed E-state index contributed by atoms with van der Waals surface area (Å²) in [4.78, 5) is 9.70. The van der Waals surface area contributed by atoms with Gasteiger partial charge in [0.2, 0.25) is 0 Å². The van der Waals surface area contributed by atoms with Crippen molar-refractivity contribution in [2.24, 2.45) is 0 Å². The first kappa shape index (κ1) is 11.4. The first-order chi connectivity index (χ1) is 6.45. The molecule has 0 unspecified atom stereocenters. The Morgan fingerprint density at radius 1 is 1.43 bits per heavy atom. The second kappa shape index (κ2) is 4.24. The van der Waals surface area contributed by atoms with Crippen LogP contribution >= 0.6 is 22.6 Å². The van der Waals surface area contributed by atoms with E-state index >= 15 is 0 Å². The van der Waals surface area contributed by atoms with Gasteiger partial charge in [0.05, 0.1) is 0 Å². The number of halogens is 1. The third-order valence-corrected chi connectivity index (χ3v) is 3.57. The topological polar surface area (TPSA) is 80.7 Å². The van der Waals surface area contributed by atoms with Gasteiger partial charge in [0.15, 0.2) is 0 Å². The zero-order valence-electron chi connectivity index (χ0n) is 6.68. The molecule has 7 heteroatoms. The van der Waals surface area contributed by atoms with Crippen molar-refractivity contribution in [3.05, 3.63) is 21.8 Å². The van der Waals surface area contributed by atoms with Gasteiger partial charge in [-0.3, -0.25) is 9.35 Å². The Morgan fingerprint density at radius 2 is 2.07 bits per heavy atom. The Morgan fingerprint density at radius 3 is 2.57 bits per heavy atom. The zero-order valence-corrected chi connectivity index (χ0v) is 9.65. The summed E-state index contributed by atoms with van der Waals surface area (Å²) in [7, 11) is -4.28. The van der Waals surface area contributed by atoms with Gasteiger partial charge in [-0.25, -0.2) is 0 Å². The van der Waals surface area contributed by atoms with E-state index in [0.29, 0.717) is 3.57 Å². The van der Waals surface area contributed by atoms with E-state index in [1.165, 1.54) is 12.1 Å². The van der Waals surface area contributed by atoms with Crippen LogP contribution in [0.15, 0.2) is 23.1 Å². The van der Waals surface area contributed by atoms with E-state index in [1.807, 2.05) is 0 Å². The van der Waals surface area contributed by atoms with E-state index in [1.54, 1.807) is 22.6 Å². The third kappa shape index (κ3) is 2.66. The SMILES string of the molecule is O=COc1ccc(I)c(S(=O)(=O)O)c1. The van der Waals surface area contributed by atoms with Gasteiger partial charge in [0.1, 0.15) is 10.6 Å². The summed E-state index contributed by atoms with van der Waals surface area (Å²) in [5, 5.41) is 0. The van der Waals surface area contributed by atoms with E-state index in [2.05, 4.69) is 4.74 Å². The maximum Gasteiger partial charge on any atom is 0.298 e. The van der Waals surface area contributed by atoms with Crippen LogP contribution in [-0.2, 0) is 14.9 Å². The second-order valence-electron chi connectivity index (χ2n) is 2.28. The van der Waals surface area contributed by atoms with Gasteiger partial charge in [-0.15, -0.1) is 0 Å². The lowest BCUT2D eigenvalue weighted by molar-refractivity contribution is -0.120. The van der Waals surface area contributed by atoms with Gasteiger partial charge in [-0.05, 0) is 34.7 Å². The summed E-state index contributed by atoms with van der Waals surface area (Å²) in [5.74, 6) is 0.0630. The average molecular weight is 328 g/mol. The molecule has 5 nitrogen and oxygen atoms in total. The second-order valence-corrected chi connectivity index (χ2v) is 4.83. The van der Waals surface area contributed by atoms with Crippen LogP contribution in [0.4, 0.5) is 0 Å². The molecule has 0 fully saturated rings. The quantitative estimate of drug-likeness (QED) is 0.510. The average Bonchev–Trinajstić information content (AvgIpc) is 2.07. The molecule has 1 N–H and O–H groups in total. The van der Waals surface area contributed by atoms with Crippen LogP contribution in [0.2, 0.25) is 0 Å². The van der Waals surface area contributed by atoms with Crippen LogP contribution in [0.3, 0.4) is 0 Å². The van der Waals surface area contributed by atoms with Crippen molar-refractivity contribution in [1.82, 2.24) is 0 Å². The number of hydrogen-bond acceptors (Lipinski definition) is 4. The highest BCUT2D eigenvalue weighted by Gasteiger charge is 2.14. The van der Waals surface area contributed by atoms with Crippen molar-refractivity contribution in [1.29, 1.82) is 0 Å². The summed E-state index contributed by atoms with van der Waals surface area (Å²) < 4.78 is 35.2. The maximum absolute atomic E-state index is 10.8. The Labute approximate surface area is 94.0 Å². The minimum absolute atomic E-state index is 0.0630. The fourth-order valence-corrected chi connectivity index (χ4v) is 2.56. The molecule has 0 heterocycles. The Hall–Kier alpha value is -0.670. The molecule has 0 radical (unpaired) electrons. The predicted octanol–water partition coefficient (Wildman–Crippen LogP) is 1.07. The first-order valence-corrected chi connectivity index (χ1v) is 5.84. The van der Waals surface area contributed by atoms with E-state index in [0.717, 1.165) is 6.07 Å². The van der Waals surface area contributed by atoms with Gasteiger partial charge in [0.25, 0.3) is 16.6 Å². The number of hydrogen-bond donors (Lipinski definition) is 1. The number of carbonyl (C=O) groups excluding carboxylic acids is 1. The molecule has 0 bridgehead atoms. The Balaban J connectivity index is 3.29. The van der Waals surface area contributed by atoms with E-state index < -0.39 is 10.1 Å². The van der Waals surface area contributed by atoms with E-state index in [9.17, 15) is 13.2 Å². The Kier molecular flexibility index (Phi) is 3.45. The molecule has 14 heavy (non-hydrogen) atoms. The number of benzene rings is 1. The number of carbonyl (C=O) groups is 1. The van der Waals surface area contributed by atoms with Gasteiger partial charge in [-0.1, -0.05) is 0 Å². The van der Waals surface area contributed by atoms with Crippen LogP contribution in [0, 0.1) is 3.57 Å². The van der Waals surface area contributed by atoms with Crippen LogP contribution in [-0.4, -0.2) is 19.4 Å². The van der Waals surface area contributed by atoms with Crippen LogP contribution in [0.5, 0.6) is 5.75 Å². The lowest BCUT2D eigenvalue weighted by atomic mass is 10.3. The molecular weight excluding hydrogens is 323 g/mol. The third-order valence-electron chi connectivity index (χ3n) is 1.36.